The van der Waals surface area contributed by atoms with Crippen molar-refractivity contribution in [1.29, 1.82) is 0 Å². The minimum Gasteiger partial charge on any atom is -0.326 e. The molecule has 0 aliphatic heterocycles. The molecular formula is C14H23N3O. The van der Waals surface area contributed by atoms with Crippen LogP contribution in [0, 0.1) is 0 Å². The van der Waals surface area contributed by atoms with Crippen molar-refractivity contribution >= 4 is 0 Å². The summed E-state index contributed by atoms with van der Waals surface area (Å²) >= 11 is 0. The zero-order valence-electron chi connectivity index (χ0n) is 11.4. The first kappa shape index (κ1) is 13.3. The minimum absolute atomic E-state index is 0.111. The van der Waals surface area contributed by atoms with Gasteiger partial charge in [-0.3, -0.25) is 4.79 Å². The monoisotopic (exact) mass is 249 g/mol. The molecular weight excluding hydrogens is 226 g/mol. The Bertz CT molecular complexity index is 477. The molecule has 1 aromatic rings. The lowest BCUT2D eigenvalue weighted by molar-refractivity contribution is 0.374. The van der Waals surface area contributed by atoms with Crippen molar-refractivity contribution in [2.24, 2.45) is 5.73 Å². The number of aryl methyl sites for hydroxylation is 1. The molecule has 2 rings (SSSR count). The molecule has 0 saturated heterocycles. The molecule has 1 heterocycles. The summed E-state index contributed by atoms with van der Waals surface area (Å²) in [6, 6.07) is 2.03. The Hall–Kier alpha value is -1.13. The molecule has 0 amide bonds. The van der Waals surface area contributed by atoms with E-state index in [0.717, 1.165) is 31.5 Å². The molecule has 0 atom stereocenters. The zero-order chi connectivity index (χ0) is 13.1. The fourth-order valence-corrected chi connectivity index (χ4v) is 2.63. The molecule has 0 spiro atoms. The molecule has 1 aromatic heterocycles. The summed E-state index contributed by atoms with van der Waals surface area (Å²) in [6.07, 6.45) is 4.53. The van der Waals surface area contributed by atoms with Gasteiger partial charge in [-0.15, -0.1) is 0 Å². The van der Waals surface area contributed by atoms with E-state index in [1.807, 2.05) is 24.7 Å². The maximum atomic E-state index is 12.3. The molecule has 0 saturated carbocycles. The Kier molecular flexibility index (Phi) is 4.19. The van der Waals surface area contributed by atoms with Gasteiger partial charge in [-0.1, -0.05) is 0 Å². The van der Waals surface area contributed by atoms with E-state index in [1.165, 1.54) is 24.1 Å². The van der Waals surface area contributed by atoms with Crippen molar-refractivity contribution in [2.75, 3.05) is 20.6 Å². The molecule has 4 nitrogen and oxygen atoms in total. The third kappa shape index (κ3) is 2.65. The van der Waals surface area contributed by atoms with Crippen LogP contribution in [-0.4, -0.2) is 30.1 Å². The first-order chi connectivity index (χ1) is 8.63. The standard InChI is InChI=1S/C14H23N3O/c1-16(2)7-8-17-13-6-4-3-5-11(13)9-12(10-15)14(17)18/h9H,3-8,10,15H2,1-2H3. The van der Waals surface area contributed by atoms with Crippen LogP contribution in [0.1, 0.15) is 29.7 Å². The van der Waals surface area contributed by atoms with Gasteiger partial charge in [0.15, 0.2) is 0 Å². The van der Waals surface area contributed by atoms with Gasteiger partial charge in [0.1, 0.15) is 0 Å². The number of likely N-dealkylation sites (N-methyl/N-ethyl adjacent to an activating group) is 1. The van der Waals surface area contributed by atoms with Crippen molar-refractivity contribution in [3.05, 3.63) is 33.2 Å². The van der Waals surface area contributed by atoms with Crippen LogP contribution in [0.25, 0.3) is 0 Å². The smallest absolute Gasteiger partial charge is 0.255 e. The third-order valence-corrected chi connectivity index (χ3v) is 3.67. The van der Waals surface area contributed by atoms with Crippen LogP contribution in [-0.2, 0) is 25.9 Å². The van der Waals surface area contributed by atoms with Gasteiger partial charge in [0.25, 0.3) is 5.56 Å². The lowest BCUT2D eigenvalue weighted by Gasteiger charge is -2.23. The molecule has 0 fully saturated rings. The van der Waals surface area contributed by atoms with Crippen LogP contribution >= 0.6 is 0 Å². The Balaban J connectivity index is 2.43. The Morgan fingerprint density at radius 1 is 1.33 bits per heavy atom. The highest BCUT2D eigenvalue weighted by Crippen LogP contribution is 2.20. The number of rotatable bonds is 4. The summed E-state index contributed by atoms with van der Waals surface area (Å²) in [5, 5.41) is 0. The summed E-state index contributed by atoms with van der Waals surface area (Å²) in [6.45, 7) is 2.00. The van der Waals surface area contributed by atoms with E-state index < -0.39 is 0 Å². The molecule has 2 N–H and O–H groups in total. The SMILES string of the molecule is CN(C)CCn1c2c(cc(CN)c1=O)CCCC2. The van der Waals surface area contributed by atoms with Gasteiger partial charge in [-0.25, -0.2) is 0 Å². The van der Waals surface area contributed by atoms with Crippen LogP contribution in [0.4, 0.5) is 0 Å². The van der Waals surface area contributed by atoms with Crippen LogP contribution in [0.5, 0.6) is 0 Å². The van der Waals surface area contributed by atoms with Gasteiger partial charge in [0, 0.05) is 30.9 Å². The topological polar surface area (TPSA) is 51.3 Å². The van der Waals surface area contributed by atoms with Crippen molar-refractivity contribution < 1.29 is 0 Å². The second kappa shape index (κ2) is 5.67. The fraction of sp³-hybridized carbons (Fsp3) is 0.643. The minimum atomic E-state index is 0.111. The quantitative estimate of drug-likeness (QED) is 0.856. The van der Waals surface area contributed by atoms with E-state index in [2.05, 4.69) is 4.90 Å². The number of hydrogen-bond acceptors (Lipinski definition) is 3. The predicted molar refractivity (Wildman–Crippen MR) is 73.8 cm³/mol. The fourth-order valence-electron chi connectivity index (χ4n) is 2.63. The average molecular weight is 249 g/mol. The van der Waals surface area contributed by atoms with E-state index in [9.17, 15) is 4.79 Å². The molecule has 0 radical (unpaired) electrons. The molecule has 0 unspecified atom stereocenters. The molecule has 4 heteroatoms. The van der Waals surface area contributed by atoms with Gasteiger partial charge in [-0.05, 0) is 51.4 Å². The number of nitrogens with two attached hydrogens (primary N) is 1. The molecule has 1 aliphatic carbocycles. The Morgan fingerprint density at radius 2 is 2.06 bits per heavy atom. The van der Waals surface area contributed by atoms with Crippen LogP contribution in [0.15, 0.2) is 10.9 Å². The van der Waals surface area contributed by atoms with Crippen molar-refractivity contribution in [2.45, 2.75) is 38.8 Å². The van der Waals surface area contributed by atoms with E-state index in [4.69, 9.17) is 5.73 Å². The highest BCUT2D eigenvalue weighted by atomic mass is 16.1. The van der Waals surface area contributed by atoms with Crippen LogP contribution in [0.3, 0.4) is 0 Å². The first-order valence-electron chi connectivity index (χ1n) is 6.72. The van der Waals surface area contributed by atoms with E-state index in [-0.39, 0.29) is 5.56 Å². The average Bonchev–Trinajstić information content (AvgIpc) is 2.36. The largest absolute Gasteiger partial charge is 0.326 e. The van der Waals surface area contributed by atoms with Gasteiger partial charge in [-0.2, -0.15) is 0 Å². The molecule has 0 aromatic carbocycles. The van der Waals surface area contributed by atoms with E-state index in [1.54, 1.807) is 0 Å². The first-order valence-corrected chi connectivity index (χ1v) is 6.72. The van der Waals surface area contributed by atoms with E-state index >= 15 is 0 Å². The van der Waals surface area contributed by atoms with Crippen molar-refractivity contribution in [3.63, 3.8) is 0 Å². The Morgan fingerprint density at radius 3 is 2.72 bits per heavy atom. The van der Waals surface area contributed by atoms with Gasteiger partial charge in [0.2, 0.25) is 0 Å². The molecule has 1 aliphatic rings. The maximum Gasteiger partial charge on any atom is 0.255 e. The zero-order valence-corrected chi connectivity index (χ0v) is 11.4. The van der Waals surface area contributed by atoms with Crippen LogP contribution in [0.2, 0.25) is 0 Å². The lowest BCUT2D eigenvalue weighted by atomic mass is 9.94. The number of nitrogens with zero attached hydrogens (tertiary/aromatic N) is 2. The summed E-state index contributed by atoms with van der Waals surface area (Å²) < 4.78 is 1.96. The summed E-state index contributed by atoms with van der Waals surface area (Å²) in [5.74, 6) is 0. The normalized spacial score (nSPS) is 14.9. The van der Waals surface area contributed by atoms with Crippen molar-refractivity contribution in [3.8, 4) is 0 Å². The number of pyridine rings is 1. The second-order valence-corrected chi connectivity index (χ2v) is 5.31. The van der Waals surface area contributed by atoms with Crippen molar-refractivity contribution in [1.82, 2.24) is 9.47 Å². The summed E-state index contributed by atoms with van der Waals surface area (Å²) in [5.41, 5.74) is 9.13. The van der Waals surface area contributed by atoms with E-state index in [0.29, 0.717) is 6.54 Å². The maximum absolute atomic E-state index is 12.3. The summed E-state index contributed by atoms with van der Waals surface area (Å²) in [7, 11) is 4.06. The number of aromatic nitrogens is 1. The summed E-state index contributed by atoms with van der Waals surface area (Å²) in [4.78, 5) is 14.5. The second-order valence-electron chi connectivity index (χ2n) is 5.31. The molecule has 0 bridgehead atoms. The van der Waals surface area contributed by atoms with Gasteiger partial charge >= 0.3 is 0 Å². The molecule has 18 heavy (non-hydrogen) atoms. The number of hydrogen-bond donors (Lipinski definition) is 1. The van der Waals surface area contributed by atoms with Crippen LogP contribution < -0.4 is 11.3 Å². The predicted octanol–water partition coefficient (Wildman–Crippen LogP) is 0.747. The van der Waals surface area contributed by atoms with Gasteiger partial charge < -0.3 is 15.2 Å². The number of fused-ring (bicyclic) bond motifs is 1. The highest BCUT2D eigenvalue weighted by Gasteiger charge is 2.16. The highest BCUT2D eigenvalue weighted by molar-refractivity contribution is 5.29. The Labute approximate surface area is 108 Å². The third-order valence-electron chi connectivity index (χ3n) is 3.67. The lowest BCUT2D eigenvalue weighted by Crippen LogP contribution is -2.33. The molecule has 100 valence electrons. The van der Waals surface area contributed by atoms with Gasteiger partial charge in [0.05, 0.1) is 0 Å².